The van der Waals surface area contributed by atoms with Crippen LogP contribution in [0.4, 0.5) is 0 Å². The number of unbranched alkanes of at least 4 members (excludes halogenated alkanes) is 1. The van der Waals surface area contributed by atoms with Crippen molar-refractivity contribution in [1.82, 2.24) is 20.0 Å². The van der Waals surface area contributed by atoms with E-state index in [0.29, 0.717) is 32.6 Å². The Labute approximate surface area is 194 Å². The first-order valence-corrected chi connectivity index (χ1v) is 11.0. The molecule has 13 heteroatoms. The number of hydrogen-bond donors (Lipinski definition) is 6. The standard InChI is InChI=1S/C20H39N5O8/c1-2-23(13-18(28)29)7-8-24(14-19(30)31)9-10-25(15-20(32)33)12-16(5-3-4-6-21)22-11-17(26)27/h16,22H,2-15,21H2,1H3,(H,26,27)(H,28,29)(H,30,31)(H,32,33). The summed E-state index contributed by atoms with van der Waals surface area (Å²) in [5.41, 5.74) is 5.52. The van der Waals surface area contributed by atoms with Gasteiger partial charge in [-0.1, -0.05) is 13.3 Å². The highest BCUT2D eigenvalue weighted by Gasteiger charge is 2.19. The van der Waals surface area contributed by atoms with Crippen LogP contribution in [0.1, 0.15) is 26.2 Å². The maximum atomic E-state index is 11.4. The Bertz CT molecular complexity index is 607. The molecular weight excluding hydrogens is 438 g/mol. The van der Waals surface area contributed by atoms with E-state index in [1.54, 1.807) is 14.7 Å². The zero-order chi connectivity index (χ0) is 25.2. The van der Waals surface area contributed by atoms with E-state index in [-0.39, 0.29) is 51.9 Å². The third-order valence-electron chi connectivity index (χ3n) is 5.02. The van der Waals surface area contributed by atoms with Gasteiger partial charge in [-0.3, -0.25) is 33.9 Å². The normalized spacial score (nSPS) is 12.4. The van der Waals surface area contributed by atoms with Crippen molar-refractivity contribution in [3.63, 3.8) is 0 Å². The van der Waals surface area contributed by atoms with Crippen LogP contribution in [0.3, 0.4) is 0 Å². The van der Waals surface area contributed by atoms with Gasteiger partial charge < -0.3 is 31.5 Å². The van der Waals surface area contributed by atoms with E-state index in [2.05, 4.69) is 5.32 Å². The summed E-state index contributed by atoms with van der Waals surface area (Å²) in [6.45, 7) is 3.35. The average molecular weight is 478 g/mol. The molecule has 0 radical (unpaired) electrons. The van der Waals surface area contributed by atoms with Crippen LogP contribution >= 0.6 is 0 Å². The highest BCUT2D eigenvalue weighted by atomic mass is 16.4. The van der Waals surface area contributed by atoms with Gasteiger partial charge in [-0.05, 0) is 25.9 Å². The third-order valence-corrected chi connectivity index (χ3v) is 5.02. The second kappa shape index (κ2) is 18.1. The SMILES string of the molecule is CCN(CCN(CCN(CC(=O)O)CC(CCCCN)NCC(=O)O)CC(=O)O)CC(=O)O. The van der Waals surface area contributed by atoms with E-state index < -0.39 is 23.9 Å². The summed E-state index contributed by atoms with van der Waals surface area (Å²) in [6.07, 6.45) is 2.15. The molecule has 0 rings (SSSR count). The van der Waals surface area contributed by atoms with Crippen molar-refractivity contribution in [2.45, 2.75) is 32.2 Å². The number of carboxylic acids is 4. The molecule has 0 aliphatic carbocycles. The summed E-state index contributed by atoms with van der Waals surface area (Å²) in [6, 6.07) is -0.258. The van der Waals surface area contributed by atoms with Gasteiger partial charge in [-0.2, -0.15) is 0 Å². The maximum absolute atomic E-state index is 11.4. The van der Waals surface area contributed by atoms with Crippen molar-refractivity contribution in [2.75, 3.05) is 72.0 Å². The van der Waals surface area contributed by atoms with Gasteiger partial charge in [-0.15, -0.1) is 0 Å². The first kappa shape index (κ1) is 30.7. The molecule has 0 aromatic heterocycles. The van der Waals surface area contributed by atoms with E-state index in [0.717, 1.165) is 12.8 Å². The van der Waals surface area contributed by atoms with Gasteiger partial charge in [0, 0.05) is 38.8 Å². The Morgan fingerprint density at radius 2 is 1.24 bits per heavy atom. The molecule has 0 aliphatic rings. The highest BCUT2D eigenvalue weighted by molar-refractivity contribution is 5.70. The van der Waals surface area contributed by atoms with Gasteiger partial charge in [0.1, 0.15) is 0 Å². The third kappa shape index (κ3) is 17.9. The zero-order valence-electron chi connectivity index (χ0n) is 19.3. The number of likely N-dealkylation sites (N-methyl/N-ethyl adjacent to an activating group) is 1. The molecule has 1 atom stereocenters. The van der Waals surface area contributed by atoms with Crippen LogP contribution in [0.5, 0.6) is 0 Å². The lowest BCUT2D eigenvalue weighted by molar-refractivity contribution is -0.140. The minimum absolute atomic E-state index is 0.151. The fourth-order valence-corrected chi connectivity index (χ4v) is 3.33. The number of nitrogens with one attached hydrogen (secondary N) is 1. The molecule has 0 aromatic carbocycles. The Morgan fingerprint density at radius 1 is 0.758 bits per heavy atom. The lowest BCUT2D eigenvalue weighted by Crippen LogP contribution is -2.48. The van der Waals surface area contributed by atoms with E-state index in [1.165, 1.54) is 0 Å². The number of carboxylic acid groups (broad SMARTS) is 4. The minimum Gasteiger partial charge on any atom is -0.480 e. The number of nitrogens with zero attached hydrogens (tertiary/aromatic N) is 3. The quantitative estimate of drug-likeness (QED) is 0.0969. The van der Waals surface area contributed by atoms with Crippen LogP contribution in [0.15, 0.2) is 0 Å². The molecule has 1 unspecified atom stereocenters. The van der Waals surface area contributed by atoms with E-state index in [1.807, 2.05) is 6.92 Å². The first-order chi connectivity index (χ1) is 15.6. The second-order valence-corrected chi connectivity index (χ2v) is 7.82. The molecule has 13 nitrogen and oxygen atoms in total. The molecular formula is C20H39N5O8. The number of nitrogens with two attached hydrogens (primary N) is 1. The van der Waals surface area contributed by atoms with Gasteiger partial charge in [0.15, 0.2) is 0 Å². The molecule has 33 heavy (non-hydrogen) atoms. The molecule has 0 spiro atoms. The fraction of sp³-hybridized carbons (Fsp3) is 0.800. The lowest BCUT2D eigenvalue weighted by atomic mass is 10.1. The van der Waals surface area contributed by atoms with Crippen LogP contribution < -0.4 is 11.1 Å². The van der Waals surface area contributed by atoms with Crippen LogP contribution in [0.2, 0.25) is 0 Å². The number of hydrogen-bond acceptors (Lipinski definition) is 9. The van der Waals surface area contributed by atoms with Crippen LogP contribution in [-0.2, 0) is 19.2 Å². The van der Waals surface area contributed by atoms with E-state index in [4.69, 9.17) is 15.9 Å². The highest BCUT2D eigenvalue weighted by Crippen LogP contribution is 2.05. The smallest absolute Gasteiger partial charge is 0.317 e. The van der Waals surface area contributed by atoms with E-state index in [9.17, 15) is 29.4 Å². The summed E-state index contributed by atoms with van der Waals surface area (Å²) in [5, 5.41) is 39.4. The second-order valence-electron chi connectivity index (χ2n) is 7.82. The van der Waals surface area contributed by atoms with Crippen molar-refractivity contribution < 1.29 is 39.6 Å². The van der Waals surface area contributed by atoms with Crippen molar-refractivity contribution in [3.05, 3.63) is 0 Å². The number of aliphatic carboxylic acids is 4. The molecule has 0 amide bonds. The van der Waals surface area contributed by atoms with Crippen molar-refractivity contribution in [1.29, 1.82) is 0 Å². The van der Waals surface area contributed by atoms with Gasteiger partial charge in [0.05, 0.1) is 26.2 Å². The summed E-state index contributed by atoms with van der Waals surface area (Å²) >= 11 is 0. The summed E-state index contributed by atoms with van der Waals surface area (Å²) in [4.78, 5) is 49.5. The van der Waals surface area contributed by atoms with Crippen molar-refractivity contribution in [2.24, 2.45) is 5.73 Å². The van der Waals surface area contributed by atoms with Crippen LogP contribution in [0.25, 0.3) is 0 Å². The largest absolute Gasteiger partial charge is 0.480 e. The fourth-order valence-electron chi connectivity index (χ4n) is 3.33. The van der Waals surface area contributed by atoms with Crippen LogP contribution in [-0.4, -0.2) is 137 Å². The molecule has 192 valence electrons. The maximum Gasteiger partial charge on any atom is 0.317 e. The predicted octanol–water partition coefficient (Wildman–Crippen LogP) is -1.66. The topological polar surface area (TPSA) is 197 Å². The average Bonchev–Trinajstić information content (AvgIpc) is 2.71. The number of rotatable bonds is 22. The monoisotopic (exact) mass is 477 g/mol. The molecule has 0 saturated heterocycles. The lowest BCUT2D eigenvalue weighted by Gasteiger charge is -2.30. The Morgan fingerprint density at radius 3 is 1.73 bits per heavy atom. The Hall–Kier alpha value is -2.32. The molecule has 0 heterocycles. The zero-order valence-corrected chi connectivity index (χ0v) is 19.3. The molecule has 7 N–H and O–H groups in total. The Balaban J connectivity index is 5.09. The predicted molar refractivity (Wildman–Crippen MR) is 120 cm³/mol. The van der Waals surface area contributed by atoms with Gasteiger partial charge >= 0.3 is 23.9 Å². The minimum atomic E-state index is -1.04. The first-order valence-electron chi connectivity index (χ1n) is 11.0. The number of carbonyl (C=O) groups is 4. The van der Waals surface area contributed by atoms with Gasteiger partial charge in [0.25, 0.3) is 0 Å². The summed E-state index contributed by atoms with van der Waals surface area (Å²) < 4.78 is 0. The molecule has 0 fully saturated rings. The van der Waals surface area contributed by atoms with Crippen molar-refractivity contribution >= 4 is 23.9 Å². The molecule has 0 bridgehead atoms. The summed E-state index contributed by atoms with van der Waals surface area (Å²) in [7, 11) is 0. The molecule has 0 aromatic rings. The molecule has 0 saturated carbocycles. The van der Waals surface area contributed by atoms with Gasteiger partial charge in [-0.25, -0.2) is 0 Å². The van der Waals surface area contributed by atoms with Crippen LogP contribution in [0, 0.1) is 0 Å². The van der Waals surface area contributed by atoms with Crippen molar-refractivity contribution in [3.8, 4) is 0 Å². The molecule has 0 aliphatic heterocycles. The van der Waals surface area contributed by atoms with E-state index >= 15 is 0 Å². The summed E-state index contributed by atoms with van der Waals surface area (Å²) in [5.74, 6) is -4.07. The van der Waals surface area contributed by atoms with Gasteiger partial charge in [0.2, 0.25) is 0 Å². The Kier molecular flexibility index (Phi) is 16.9.